The Bertz CT molecular complexity index is 678. The molecule has 0 spiro atoms. The molecule has 0 aliphatic heterocycles. The van der Waals surface area contributed by atoms with E-state index in [9.17, 15) is 13.2 Å². The first-order valence-corrected chi connectivity index (χ1v) is 6.54. The quantitative estimate of drug-likeness (QED) is 0.822. The lowest BCUT2D eigenvalue weighted by molar-refractivity contribution is -0.139. The lowest BCUT2D eigenvalue weighted by Gasteiger charge is -2.14. The van der Waals surface area contributed by atoms with Crippen molar-refractivity contribution >= 4 is 15.9 Å². The van der Waals surface area contributed by atoms with Crippen molar-refractivity contribution in [3.05, 3.63) is 57.8 Å². The Morgan fingerprint density at radius 3 is 2.57 bits per heavy atom. The molecule has 0 aliphatic carbocycles. The summed E-state index contributed by atoms with van der Waals surface area (Å²) in [6.45, 7) is -0.0950. The van der Waals surface area contributed by atoms with Crippen molar-refractivity contribution in [1.29, 1.82) is 5.26 Å². The van der Waals surface area contributed by atoms with E-state index in [1.165, 1.54) is 12.3 Å². The molecule has 0 N–H and O–H groups in total. The summed E-state index contributed by atoms with van der Waals surface area (Å²) in [5.41, 5.74) is -0.550. The van der Waals surface area contributed by atoms with Crippen LogP contribution in [0.15, 0.2) is 41.0 Å². The number of hydrogen-bond acceptors (Lipinski definition) is 3. The molecular weight excluding hydrogens is 349 g/mol. The highest BCUT2D eigenvalue weighted by molar-refractivity contribution is 9.10. The number of nitrogens with zero attached hydrogens (tertiary/aromatic N) is 2. The van der Waals surface area contributed by atoms with Crippen LogP contribution in [-0.4, -0.2) is 4.98 Å². The predicted molar refractivity (Wildman–Crippen MR) is 72.4 cm³/mol. The van der Waals surface area contributed by atoms with Crippen molar-refractivity contribution in [2.24, 2.45) is 0 Å². The van der Waals surface area contributed by atoms with E-state index in [0.717, 1.165) is 16.6 Å². The molecule has 0 fully saturated rings. The number of benzene rings is 1. The van der Waals surface area contributed by atoms with Gasteiger partial charge in [0.15, 0.2) is 0 Å². The first-order valence-electron chi connectivity index (χ1n) is 5.75. The number of alkyl halides is 3. The van der Waals surface area contributed by atoms with Gasteiger partial charge in [0, 0.05) is 10.7 Å². The second-order valence-corrected chi connectivity index (χ2v) is 4.99. The molecule has 21 heavy (non-hydrogen) atoms. The molecule has 0 bridgehead atoms. The number of rotatable bonds is 3. The molecule has 2 rings (SSSR count). The molecule has 1 heterocycles. The number of pyridine rings is 1. The van der Waals surface area contributed by atoms with Gasteiger partial charge in [-0.1, -0.05) is 0 Å². The molecule has 108 valence electrons. The summed E-state index contributed by atoms with van der Waals surface area (Å²) >= 11 is 3.21. The maximum absolute atomic E-state index is 12.9. The SMILES string of the molecule is N#Cc1ccc(OCc2ccc(Br)cn2)c(C(F)(F)F)c1. The fourth-order valence-corrected chi connectivity index (χ4v) is 1.82. The summed E-state index contributed by atoms with van der Waals surface area (Å²) in [5.74, 6) is -0.328. The van der Waals surface area contributed by atoms with Crippen LogP contribution in [0.2, 0.25) is 0 Å². The number of halogens is 4. The van der Waals surface area contributed by atoms with Crippen molar-refractivity contribution < 1.29 is 17.9 Å². The molecule has 0 saturated heterocycles. The van der Waals surface area contributed by atoms with Gasteiger partial charge in [-0.05, 0) is 46.3 Å². The fourth-order valence-electron chi connectivity index (χ4n) is 1.59. The van der Waals surface area contributed by atoms with Crippen LogP contribution in [0.25, 0.3) is 0 Å². The monoisotopic (exact) mass is 356 g/mol. The normalized spacial score (nSPS) is 11.0. The van der Waals surface area contributed by atoms with E-state index < -0.39 is 11.7 Å². The highest BCUT2D eigenvalue weighted by Gasteiger charge is 2.34. The third-order valence-corrected chi connectivity index (χ3v) is 3.05. The zero-order chi connectivity index (χ0) is 15.5. The van der Waals surface area contributed by atoms with E-state index in [0.29, 0.717) is 5.69 Å². The van der Waals surface area contributed by atoms with E-state index in [4.69, 9.17) is 10.00 Å². The van der Waals surface area contributed by atoms with Crippen LogP contribution >= 0.6 is 15.9 Å². The second kappa shape index (κ2) is 6.14. The maximum atomic E-state index is 12.9. The molecule has 7 heteroatoms. The molecule has 0 unspecified atom stereocenters. The van der Waals surface area contributed by atoms with Crippen LogP contribution < -0.4 is 4.74 Å². The van der Waals surface area contributed by atoms with Crippen molar-refractivity contribution in [3.63, 3.8) is 0 Å². The van der Waals surface area contributed by atoms with Crippen LogP contribution in [0.3, 0.4) is 0 Å². The molecule has 0 saturated carbocycles. The molecule has 0 aliphatic rings. The van der Waals surface area contributed by atoms with Gasteiger partial charge in [0.1, 0.15) is 12.4 Å². The number of ether oxygens (including phenoxy) is 1. The molecule has 0 atom stereocenters. The first-order chi connectivity index (χ1) is 9.90. The standard InChI is InChI=1S/C14H8BrF3N2O/c15-10-2-3-11(20-7-10)8-21-13-4-1-9(6-19)5-12(13)14(16,17)18/h1-5,7H,8H2. The summed E-state index contributed by atoms with van der Waals surface area (Å²) in [5, 5.41) is 8.68. The molecular formula is C14H8BrF3N2O. The van der Waals surface area contributed by atoms with Crippen molar-refractivity contribution in [2.75, 3.05) is 0 Å². The van der Waals surface area contributed by atoms with E-state index >= 15 is 0 Å². The summed E-state index contributed by atoms with van der Waals surface area (Å²) in [6, 6.07) is 8.22. The zero-order valence-electron chi connectivity index (χ0n) is 10.5. The van der Waals surface area contributed by atoms with E-state index in [1.807, 2.05) is 0 Å². The lowest BCUT2D eigenvalue weighted by atomic mass is 10.1. The number of nitriles is 1. The predicted octanol–water partition coefficient (Wildman–Crippen LogP) is 4.31. The summed E-state index contributed by atoms with van der Waals surface area (Å²) < 4.78 is 44.7. The van der Waals surface area contributed by atoms with Crippen LogP contribution in [0.4, 0.5) is 13.2 Å². The largest absolute Gasteiger partial charge is 0.487 e. The van der Waals surface area contributed by atoms with Gasteiger partial charge in [0.25, 0.3) is 0 Å². The summed E-state index contributed by atoms with van der Waals surface area (Å²) in [4.78, 5) is 4.01. The summed E-state index contributed by atoms with van der Waals surface area (Å²) in [7, 11) is 0. The Morgan fingerprint density at radius 1 is 1.24 bits per heavy atom. The minimum atomic E-state index is -4.59. The number of hydrogen-bond donors (Lipinski definition) is 0. The Balaban J connectivity index is 2.23. The maximum Gasteiger partial charge on any atom is 0.420 e. The minimum Gasteiger partial charge on any atom is -0.487 e. The average Bonchev–Trinajstić information content (AvgIpc) is 2.45. The topological polar surface area (TPSA) is 45.9 Å². The minimum absolute atomic E-state index is 0.0727. The fraction of sp³-hybridized carbons (Fsp3) is 0.143. The van der Waals surface area contributed by atoms with Gasteiger partial charge in [0.05, 0.1) is 22.9 Å². The van der Waals surface area contributed by atoms with Gasteiger partial charge in [0.2, 0.25) is 0 Å². The number of aromatic nitrogens is 1. The van der Waals surface area contributed by atoms with Gasteiger partial charge in [-0.2, -0.15) is 18.4 Å². The van der Waals surface area contributed by atoms with Crippen LogP contribution in [0.1, 0.15) is 16.8 Å². The van der Waals surface area contributed by atoms with Crippen molar-refractivity contribution in [3.8, 4) is 11.8 Å². The molecule has 1 aromatic carbocycles. The van der Waals surface area contributed by atoms with Crippen molar-refractivity contribution in [1.82, 2.24) is 4.98 Å². The Morgan fingerprint density at radius 2 is 2.00 bits per heavy atom. The Labute approximate surface area is 127 Å². The van der Waals surface area contributed by atoms with Gasteiger partial charge in [-0.3, -0.25) is 4.98 Å². The van der Waals surface area contributed by atoms with Gasteiger partial charge in [-0.15, -0.1) is 0 Å². The van der Waals surface area contributed by atoms with E-state index in [1.54, 1.807) is 18.2 Å². The summed E-state index contributed by atoms with van der Waals surface area (Å²) in [6.07, 6.45) is -3.06. The zero-order valence-corrected chi connectivity index (χ0v) is 12.1. The van der Waals surface area contributed by atoms with E-state index in [2.05, 4.69) is 20.9 Å². The first kappa shape index (κ1) is 15.3. The van der Waals surface area contributed by atoms with Gasteiger partial charge >= 0.3 is 6.18 Å². The third-order valence-electron chi connectivity index (χ3n) is 2.58. The van der Waals surface area contributed by atoms with Crippen LogP contribution in [-0.2, 0) is 12.8 Å². The molecule has 0 amide bonds. The Kier molecular flexibility index (Phi) is 4.48. The molecule has 2 aromatic rings. The van der Waals surface area contributed by atoms with Gasteiger partial charge in [-0.25, -0.2) is 0 Å². The Hall–Kier alpha value is -2.07. The lowest BCUT2D eigenvalue weighted by Crippen LogP contribution is -2.09. The average molecular weight is 357 g/mol. The smallest absolute Gasteiger partial charge is 0.420 e. The second-order valence-electron chi connectivity index (χ2n) is 4.08. The van der Waals surface area contributed by atoms with E-state index in [-0.39, 0.29) is 17.9 Å². The molecule has 3 nitrogen and oxygen atoms in total. The highest BCUT2D eigenvalue weighted by atomic mass is 79.9. The highest BCUT2D eigenvalue weighted by Crippen LogP contribution is 2.37. The van der Waals surface area contributed by atoms with Crippen LogP contribution in [0, 0.1) is 11.3 Å². The molecule has 0 radical (unpaired) electrons. The van der Waals surface area contributed by atoms with Gasteiger partial charge < -0.3 is 4.74 Å². The van der Waals surface area contributed by atoms with Crippen molar-refractivity contribution in [2.45, 2.75) is 12.8 Å². The van der Waals surface area contributed by atoms with Crippen LogP contribution in [0.5, 0.6) is 5.75 Å². The molecule has 1 aromatic heterocycles. The third kappa shape index (κ3) is 3.95.